The highest BCUT2D eigenvalue weighted by molar-refractivity contribution is 5.90. The first kappa shape index (κ1) is 20.9. The Kier molecular flexibility index (Phi) is 6.87. The summed E-state index contributed by atoms with van der Waals surface area (Å²) in [6.45, 7) is 11.4. The lowest BCUT2D eigenvalue weighted by Crippen LogP contribution is -2.46. The molecule has 0 amide bonds. The average molecular weight is 399 g/mol. The summed E-state index contributed by atoms with van der Waals surface area (Å²) in [6.07, 6.45) is 1.53. The minimum Gasteiger partial charge on any atom is -0.462 e. The third kappa shape index (κ3) is 5.35. The molecule has 0 radical (unpaired) electrons. The van der Waals surface area contributed by atoms with Crippen molar-refractivity contribution in [1.29, 1.82) is 0 Å². The Morgan fingerprint density at radius 2 is 1.86 bits per heavy atom. The fraction of sp³-hybridized carbons (Fsp3) is 0.476. The van der Waals surface area contributed by atoms with Crippen LogP contribution in [0.1, 0.15) is 31.1 Å². The number of hydrogen-bond acceptors (Lipinski definition) is 8. The largest absolute Gasteiger partial charge is 0.462 e. The number of rotatable bonds is 7. The lowest BCUT2D eigenvalue weighted by Gasteiger charge is -2.35. The van der Waals surface area contributed by atoms with Crippen LogP contribution in [-0.4, -0.2) is 60.2 Å². The highest BCUT2D eigenvalue weighted by atomic mass is 16.5. The zero-order valence-corrected chi connectivity index (χ0v) is 17.4. The summed E-state index contributed by atoms with van der Waals surface area (Å²) >= 11 is 0. The molecule has 1 aliphatic rings. The van der Waals surface area contributed by atoms with Crippen LogP contribution in [0.15, 0.2) is 30.6 Å². The van der Waals surface area contributed by atoms with Crippen LogP contribution in [0.25, 0.3) is 0 Å². The molecule has 2 heterocycles. The molecule has 1 fully saturated rings. The van der Waals surface area contributed by atoms with E-state index < -0.39 is 0 Å². The zero-order chi connectivity index (χ0) is 20.8. The number of nitrogens with zero attached hydrogens (tertiary/aromatic N) is 4. The molecule has 0 bridgehead atoms. The van der Waals surface area contributed by atoms with E-state index in [0.29, 0.717) is 29.6 Å². The van der Waals surface area contributed by atoms with E-state index in [-0.39, 0.29) is 5.97 Å². The van der Waals surface area contributed by atoms with Gasteiger partial charge in [0.05, 0.1) is 12.2 Å². The first-order chi connectivity index (χ1) is 14.0. The van der Waals surface area contributed by atoms with E-state index in [1.54, 1.807) is 12.1 Å². The van der Waals surface area contributed by atoms with Gasteiger partial charge in [-0.25, -0.2) is 14.8 Å². The number of nitrogen functional groups attached to an aromatic ring is 1. The molecule has 29 heavy (non-hydrogen) atoms. The van der Waals surface area contributed by atoms with Crippen molar-refractivity contribution < 1.29 is 9.53 Å². The molecule has 3 N–H and O–H groups in total. The molecule has 2 aromatic rings. The molecule has 1 aliphatic heterocycles. The summed E-state index contributed by atoms with van der Waals surface area (Å²) in [6, 6.07) is 7.08. The third-order valence-electron chi connectivity index (χ3n) is 4.91. The predicted molar refractivity (Wildman–Crippen MR) is 116 cm³/mol. The predicted octanol–water partition coefficient (Wildman–Crippen LogP) is 2.76. The maximum atomic E-state index is 12.0. The summed E-state index contributed by atoms with van der Waals surface area (Å²) < 4.78 is 5.26. The van der Waals surface area contributed by atoms with Crippen molar-refractivity contribution in [2.45, 2.75) is 20.8 Å². The number of hydrogen-bond donors (Lipinski definition) is 2. The second-order valence-corrected chi connectivity index (χ2v) is 7.58. The van der Waals surface area contributed by atoms with Gasteiger partial charge in [-0.2, -0.15) is 0 Å². The van der Waals surface area contributed by atoms with Gasteiger partial charge in [-0.05, 0) is 36.7 Å². The van der Waals surface area contributed by atoms with Gasteiger partial charge in [-0.3, -0.25) is 0 Å². The molecule has 3 rings (SSSR count). The molecule has 0 unspecified atom stereocenters. The Labute approximate surface area is 172 Å². The van der Waals surface area contributed by atoms with Gasteiger partial charge in [0.15, 0.2) is 11.6 Å². The van der Waals surface area contributed by atoms with Crippen molar-refractivity contribution in [3.05, 3.63) is 36.2 Å². The SMILES string of the molecule is CCN1CCN(c2ncnc(Nc3ccc(C(=O)OCC(C)C)cc3)c2N)CC1. The van der Waals surface area contributed by atoms with Crippen LogP contribution in [0.5, 0.6) is 0 Å². The standard InChI is InChI=1S/C21H30N6O2/c1-4-26-9-11-27(12-10-26)20-18(22)19(23-14-24-20)25-17-7-5-16(6-8-17)21(28)29-13-15(2)3/h5-8,14-15H,4,9-13,22H2,1-3H3,(H,23,24,25). The van der Waals surface area contributed by atoms with Gasteiger partial charge < -0.3 is 25.6 Å². The van der Waals surface area contributed by atoms with Crippen LogP contribution in [0.2, 0.25) is 0 Å². The summed E-state index contributed by atoms with van der Waals surface area (Å²) in [7, 11) is 0. The van der Waals surface area contributed by atoms with E-state index >= 15 is 0 Å². The lowest BCUT2D eigenvalue weighted by atomic mass is 10.2. The number of carbonyl (C=O) groups excluding carboxylic acids is 1. The van der Waals surface area contributed by atoms with E-state index in [4.69, 9.17) is 10.5 Å². The number of nitrogens with two attached hydrogens (primary N) is 1. The first-order valence-electron chi connectivity index (χ1n) is 10.1. The topological polar surface area (TPSA) is 96.6 Å². The molecule has 0 spiro atoms. The van der Waals surface area contributed by atoms with Gasteiger partial charge >= 0.3 is 5.97 Å². The monoisotopic (exact) mass is 398 g/mol. The summed E-state index contributed by atoms with van der Waals surface area (Å²) in [5.74, 6) is 1.30. The fourth-order valence-electron chi connectivity index (χ4n) is 3.17. The summed E-state index contributed by atoms with van der Waals surface area (Å²) in [5.41, 5.74) is 8.19. The normalized spacial score (nSPS) is 14.8. The Morgan fingerprint density at radius 3 is 2.48 bits per heavy atom. The average Bonchev–Trinajstić information content (AvgIpc) is 2.74. The number of anilines is 4. The van der Waals surface area contributed by atoms with Crippen molar-refractivity contribution in [1.82, 2.24) is 14.9 Å². The van der Waals surface area contributed by atoms with Gasteiger partial charge in [-0.1, -0.05) is 20.8 Å². The van der Waals surface area contributed by atoms with Gasteiger partial charge in [0.1, 0.15) is 12.0 Å². The minimum absolute atomic E-state index is 0.305. The highest BCUT2D eigenvalue weighted by Crippen LogP contribution is 2.29. The van der Waals surface area contributed by atoms with E-state index in [1.807, 2.05) is 26.0 Å². The van der Waals surface area contributed by atoms with E-state index in [1.165, 1.54) is 6.33 Å². The molecule has 8 heteroatoms. The van der Waals surface area contributed by atoms with Crippen LogP contribution < -0.4 is 16.0 Å². The number of esters is 1. The quantitative estimate of drug-likeness (QED) is 0.687. The van der Waals surface area contributed by atoms with Crippen molar-refractivity contribution in [3.63, 3.8) is 0 Å². The number of likely N-dealkylation sites (N-methyl/N-ethyl adjacent to an activating group) is 1. The molecule has 0 saturated carbocycles. The number of benzene rings is 1. The molecular weight excluding hydrogens is 368 g/mol. The van der Waals surface area contributed by atoms with Gasteiger partial charge in [0.25, 0.3) is 0 Å². The molecule has 1 aromatic carbocycles. The molecular formula is C21H30N6O2. The van der Waals surface area contributed by atoms with Crippen molar-refractivity contribution in [2.75, 3.05) is 55.3 Å². The van der Waals surface area contributed by atoms with Gasteiger partial charge in [0, 0.05) is 31.9 Å². The summed E-state index contributed by atoms with van der Waals surface area (Å²) in [4.78, 5) is 25.3. The van der Waals surface area contributed by atoms with Crippen molar-refractivity contribution in [2.24, 2.45) is 5.92 Å². The second kappa shape index (κ2) is 9.56. The number of carbonyl (C=O) groups is 1. The number of aromatic nitrogens is 2. The Morgan fingerprint density at radius 1 is 1.17 bits per heavy atom. The highest BCUT2D eigenvalue weighted by Gasteiger charge is 2.20. The molecule has 156 valence electrons. The van der Waals surface area contributed by atoms with Crippen molar-refractivity contribution >= 4 is 29.0 Å². The Balaban J connectivity index is 1.67. The molecule has 0 atom stereocenters. The van der Waals surface area contributed by atoms with E-state index in [0.717, 1.165) is 44.2 Å². The molecule has 8 nitrogen and oxygen atoms in total. The van der Waals surface area contributed by atoms with Gasteiger partial charge in [-0.15, -0.1) is 0 Å². The Hall–Kier alpha value is -2.87. The third-order valence-corrected chi connectivity index (χ3v) is 4.91. The van der Waals surface area contributed by atoms with Crippen molar-refractivity contribution in [3.8, 4) is 0 Å². The van der Waals surface area contributed by atoms with Crippen LogP contribution in [0, 0.1) is 5.92 Å². The van der Waals surface area contributed by atoms with E-state index in [2.05, 4.69) is 32.0 Å². The minimum atomic E-state index is -0.319. The number of nitrogens with one attached hydrogen (secondary N) is 1. The molecule has 1 aromatic heterocycles. The maximum Gasteiger partial charge on any atom is 0.338 e. The van der Waals surface area contributed by atoms with Crippen LogP contribution in [0.3, 0.4) is 0 Å². The second-order valence-electron chi connectivity index (χ2n) is 7.58. The maximum absolute atomic E-state index is 12.0. The van der Waals surface area contributed by atoms with Gasteiger partial charge in [0.2, 0.25) is 0 Å². The van der Waals surface area contributed by atoms with Crippen LogP contribution in [0.4, 0.5) is 23.0 Å². The molecule has 0 aliphatic carbocycles. The van der Waals surface area contributed by atoms with E-state index in [9.17, 15) is 4.79 Å². The lowest BCUT2D eigenvalue weighted by molar-refractivity contribution is 0.0459. The number of ether oxygens (including phenoxy) is 1. The fourth-order valence-corrected chi connectivity index (χ4v) is 3.17. The zero-order valence-electron chi connectivity index (χ0n) is 17.4. The molecule has 1 saturated heterocycles. The first-order valence-corrected chi connectivity index (χ1v) is 10.1. The van der Waals surface area contributed by atoms with Crippen LogP contribution in [-0.2, 0) is 4.74 Å². The van der Waals surface area contributed by atoms with Crippen LogP contribution >= 0.6 is 0 Å². The Bertz CT molecular complexity index is 816. The summed E-state index contributed by atoms with van der Waals surface area (Å²) in [5, 5.41) is 3.22. The number of piperazine rings is 1. The smallest absolute Gasteiger partial charge is 0.338 e.